The molecular formula is C10H14O2. The maximum atomic E-state index is 9.16. The average Bonchev–Trinajstić information content (AvgIpc) is 2.52. The third-order valence-corrected chi connectivity index (χ3v) is 2.77. The SMILES string of the molecule is C[C@@H]1C=C[C@@H]2COCC2=C1CO. The molecule has 0 radical (unpaired) electrons. The molecule has 0 unspecified atom stereocenters. The van der Waals surface area contributed by atoms with E-state index in [1.807, 2.05) is 0 Å². The third kappa shape index (κ3) is 1.11. The number of fused-ring (bicyclic) bond motifs is 1. The second-order valence-electron chi connectivity index (χ2n) is 3.50. The van der Waals surface area contributed by atoms with Crippen LogP contribution in [-0.4, -0.2) is 24.9 Å². The Labute approximate surface area is 72.5 Å². The molecule has 2 heteroatoms. The summed E-state index contributed by atoms with van der Waals surface area (Å²) >= 11 is 0. The van der Waals surface area contributed by atoms with E-state index < -0.39 is 0 Å². The van der Waals surface area contributed by atoms with Crippen LogP contribution in [0.3, 0.4) is 0 Å². The first-order valence-electron chi connectivity index (χ1n) is 4.41. The largest absolute Gasteiger partial charge is 0.392 e. The van der Waals surface area contributed by atoms with Gasteiger partial charge in [-0.15, -0.1) is 0 Å². The lowest BCUT2D eigenvalue weighted by molar-refractivity contribution is 0.195. The molecule has 0 aromatic heterocycles. The molecule has 0 amide bonds. The zero-order chi connectivity index (χ0) is 8.55. The van der Waals surface area contributed by atoms with Crippen LogP contribution in [-0.2, 0) is 4.74 Å². The molecule has 1 aliphatic carbocycles. The minimum absolute atomic E-state index is 0.181. The molecule has 0 bridgehead atoms. The van der Waals surface area contributed by atoms with Gasteiger partial charge in [-0.2, -0.15) is 0 Å². The van der Waals surface area contributed by atoms with Gasteiger partial charge >= 0.3 is 0 Å². The topological polar surface area (TPSA) is 29.5 Å². The summed E-state index contributed by atoms with van der Waals surface area (Å²) in [5.74, 6) is 0.839. The maximum Gasteiger partial charge on any atom is 0.0687 e. The van der Waals surface area contributed by atoms with Crippen LogP contribution in [0.5, 0.6) is 0 Å². The van der Waals surface area contributed by atoms with Crippen LogP contribution in [0.25, 0.3) is 0 Å². The lowest BCUT2D eigenvalue weighted by atomic mass is 9.85. The molecule has 1 N–H and O–H groups in total. The number of hydrogen-bond acceptors (Lipinski definition) is 2. The average molecular weight is 166 g/mol. The number of allylic oxidation sites excluding steroid dienone is 1. The number of ether oxygens (including phenoxy) is 1. The quantitative estimate of drug-likeness (QED) is 0.592. The summed E-state index contributed by atoms with van der Waals surface area (Å²) < 4.78 is 5.35. The van der Waals surface area contributed by atoms with Crippen LogP contribution >= 0.6 is 0 Å². The van der Waals surface area contributed by atoms with Gasteiger partial charge in [-0.05, 0) is 17.1 Å². The molecule has 66 valence electrons. The first-order chi connectivity index (χ1) is 5.83. The fourth-order valence-corrected chi connectivity index (χ4v) is 1.96. The van der Waals surface area contributed by atoms with E-state index in [-0.39, 0.29) is 6.61 Å². The number of rotatable bonds is 1. The maximum absolute atomic E-state index is 9.16. The van der Waals surface area contributed by atoms with Gasteiger partial charge in [-0.3, -0.25) is 0 Å². The molecule has 1 fully saturated rings. The third-order valence-electron chi connectivity index (χ3n) is 2.77. The molecule has 0 spiro atoms. The number of aliphatic hydroxyl groups is 1. The van der Waals surface area contributed by atoms with Crippen LogP contribution in [0.1, 0.15) is 6.92 Å². The van der Waals surface area contributed by atoms with Crippen molar-refractivity contribution in [3.63, 3.8) is 0 Å². The standard InChI is InChI=1S/C10H14O2/c1-7-2-3-8-5-12-6-10(8)9(7)4-11/h2-3,7-8,11H,4-6H2,1H3/t7-,8-/m1/s1. The van der Waals surface area contributed by atoms with E-state index >= 15 is 0 Å². The fourth-order valence-electron chi connectivity index (χ4n) is 1.96. The predicted molar refractivity (Wildman–Crippen MR) is 46.7 cm³/mol. The van der Waals surface area contributed by atoms with E-state index in [2.05, 4.69) is 19.1 Å². The lowest BCUT2D eigenvalue weighted by Gasteiger charge is -2.20. The van der Waals surface area contributed by atoms with Crippen molar-refractivity contribution in [2.75, 3.05) is 19.8 Å². The zero-order valence-electron chi connectivity index (χ0n) is 7.29. The van der Waals surface area contributed by atoms with Gasteiger partial charge in [-0.1, -0.05) is 19.1 Å². The van der Waals surface area contributed by atoms with Crippen molar-refractivity contribution in [3.8, 4) is 0 Å². The highest BCUT2D eigenvalue weighted by molar-refractivity contribution is 5.32. The van der Waals surface area contributed by atoms with Crippen molar-refractivity contribution in [2.24, 2.45) is 11.8 Å². The van der Waals surface area contributed by atoms with Crippen molar-refractivity contribution >= 4 is 0 Å². The molecule has 1 saturated heterocycles. The van der Waals surface area contributed by atoms with Crippen LogP contribution in [0, 0.1) is 11.8 Å². The normalized spacial score (nSPS) is 34.2. The van der Waals surface area contributed by atoms with Gasteiger partial charge in [0.05, 0.1) is 19.8 Å². The van der Waals surface area contributed by atoms with E-state index in [1.165, 1.54) is 11.1 Å². The summed E-state index contributed by atoms with van der Waals surface area (Å²) in [5.41, 5.74) is 2.48. The van der Waals surface area contributed by atoms with Crippen molar-refractivity contribution in [1.29, 1.82) is 0 Å². The lowest BCUT2D eigenvalue weighted by Crippen LogP contribution is -2.14. The first kappa shape index (κ1) is 8.02. The second kappa shape index (κ2) is 3.04. The zero-order valence-corrected chi connectivity index (χ0v) is 7.29. The van der Waals surface area contributed by atoms with Crippen molar-refractivity contribution in [2.45, 2.75) is 6.92 Å². The highest BCUT2D eigenvalue weighted by Gasteiger charge is 2.27. The van der Waals surface area contributed by atoms with Crippen LogP contribution < -0.4 is 0 Å². The van der Waals surface area contributed by atoms with Gasteiger partial charge in [0.2, 0.25) is 0 Å². The summed E-state index contributed by atoms with van der Waals surface area (Å²) in [6.07, 6.45) is 4.36. The van der Waals surface area contributed by atoms with E-state index in [9.17, 15) is 0 Å². The second-order valence-corrected chi connectivity index (χ2v) is 3.50. The Balaban J connectivity index is 2.32. The minimum atomic E-state index is 0.181. The minimum Gasteiger partial charge on any atom is -0.392 e. The molecule has 2 rings (SSSR count). The van der Waals surface area contributed by atoms with E-state index in [1.54, 1.807) is 0 Å². The number of hydrogen-bond donors (Lipinski definition) is 1. The van der Waals surface area contributed by atoms with Gasteiger partial charge in [0.25, 0.3) is 0 Å². The van der Waals surface area contributed by atoms with E-state index in [4.69, 9.17) is 9.84 Å². The monoisotopic (exact) mass is 166 g/mol. The molecule has 2 nitrogen and oxygen atoms in total. The van der Waals surface area contributed by atoms with Crippen LogP contribution in [0.2, 0.25) is 0 Å². The summed E-state index contributed by atoms with van der Waals surface area (Å²) in [6, 6.07) is 0. The van der Waals surface area contributed by atoms with Gasteiger partial charge in [0, 0.05) is 5.92 Å². The van der Waals surface area contributed by atoms with Crippen molar-refractivity contribution < 1.29 is 9.84 Å². The molecule has 2 aliphatic rings. The molecular weight excluding hydrogens is 152 g/mol. The Kier molecular flexibility index (Phi) is 2.03. The van der Waals surface area contributed by atoms with Gasteiger partial charge in [0.1, 0.15) is 0 Å². The fraction of sp³-hybridized carbons (Fsp3) is 0.600. The van der Waals surface area contributed by atoms with Crippen molar-refractivity contribution in [3.05, 3.63) is 23.3 Å². The predicted octanol–water partition coefficient (Wildman–Crippen LogP) is 1.13. The summed E-state index contributed by atoms with van der Waals surface area (Å²) in [7, 11) is 0. The molecule has 0 aromatic carbocycles. The summed E-state index contributed by atoms with van der Waals surface area (Å²) in [4.78, 5) is 0. The van der Waals surface area contributed by atoms with Gasteiger partial charge < -0.3 is 9.84 Å². The highest BCUT2D eigenvalue weighted by atomic mass is 16.5. The highest BCUT2D eigenvalue weighted by Crippen LogP contribution is 2.32. The van der Waals surface area contributed by atoms with E-state index in [0.717, 1.165) is 13.2 Å². The Morgan fingerprint density at radius 2 is 2.42 bits per heavy atom. The smallest absolute Gasteiger partial charge is 0.0687 e. The van der Waals surface area contributed by atoms with Crippen molar-refractivity contribution in [1.82, 2.24) is 0 Å². The molecule has 0 aromatic rings. The number of aliphatic hydroxyl groups excluding tert-OH is 1. The van der Waals surface area contributed by atoms with Crippen LogP contribution in [0.15, 0.2) is 23.3 Å². The molecule has 1 heterocycles. The molecule has 1 aliphatic heterocycles. The van der Waals surface area contributed by atoms with Gasteiger partial charge in [0.15, 0.2) is 0 Å². The molecule has 12 heavy (non-hydrogen) atoms. The van der Waals surface area contributed by atoms with E-state index in [0.29, 0.717) is 11.8 Å². The Morgan fingerprint density at radius 1 is 1.58 bits per heavy atom. The Bertz CT molecular complexity index is 240. The Morgan fingerprint density at radius 3 is 3.17 bits per heavy atom. The van der Waals surface area contributed by atoms with Gasteiger partial charge in [-0.25, -0.2) is 0 Å². The molecule has 2 atom stereocenters. The first-order valence-corrected chi connectivity index (χ1v) is 4.41. The summed E-state index contributed by atoms with van der Waals surface area (Å²) in [5, 5.41) is 9.16. The van der Waals surface area contributed by atoms with Crippen LogP contribution in [0.4, 0.5) is 0 Å². The summed E-state index contributed by atoms with van der Waals surface area (Å²) in [6.45, 7) is 3.81. The Hall–Kier alpha value is -0.600. The molecule has 0 saturated carbocycles.